The number of piperazine rings is 1. The summed E-state index contributed by atoms with van der Waals surface area (Å²) < 4.78 is 17.2. The van der Waals surface area contributed by atoms with Crippen molar-refractivity contribution in [1.29, 1.82) is 0 Å². The largest absolute Gasteiger partial charge is 0.444 e. The highest BCUT2D eigenvalue weighted by Gasteiger charge is 2.26. The number of amides is 2. The van der Waals surface area contributed by atoms with Crippen LogP contribution in [0.25, 0.3) is 0 Å². The molecule has 140 valence electrons. The molecule has 1 aliphatic rings. The molecule has 0 bridgehead atoms. The zero-order valence-corrected chi connectivity index (χ0v) is 14.9. The minimum Gasteiger partial charge on any atom is -0.444 e. The van der Waals surface area contributed by atoms with Crippen molar-refractivity contribution in [2.24, 2.45) is 5.73 Å². The van der Waals surface area contributed by atoms with E-state index in [0.29, 0.717) is 32.0 Å². The van der Waals surface area contributed by atoms with E-state index >= 15 is 0 Å². The van der Waals surface area contributed by atoms with Crippen molar-refractivity contribution in [3.8, 4) is 0 Å². The van der Waals surface area contributed by atoms with Crippen LogP contribution in [0.3, 0.4) is 0 Å². The third-order valence-corrected chi connectivity index (χ3v) is 3.15. The maximum Gasteiger partial charge on any atom is 0.410 e. The fraction of sp³-hybridized carbons (Fsp3) is 0.562. The van der Waals surface area contributed by atoms with Crippen LogP contribution in [0.5, 0.6) is 0 Å². The smallest absolute Gasteiger partial charge is 0.410 e. The number of rotatable bonds is 2. The highest BCUT2D eigenvalue weighted by atomic mass is 19.1. The lowest BCUT2D eigenvalue weighted by Crippen LogP contribution is -2.51. The number of ether oxygens (including phenoxy) is 1. The van der Waals surface area contributed by atoms with Gasteiger partial charge in [-0.3, -0.25) is 9.69 Å². The van der Waals surface area contributed by atoms with Gasteiger partial charge in [-0.25, -0.2) is 14.2 Å². The third kappa shape index (κ3) is 8.85. The molecular formula is C16H26FN5O3. The number of aromatic nitrogens is 1. The fourth-order valence-electron chi connectivity index (χ4n) is 2.02. The Morgan fingerprint density at radius 1 is 1.24 bits per heavy atom. The average molecular weight is 355 g/mol. The minimum atomic E-state index is -0.471. The van der Waals surface area contributed by atoms with Gasteiger partial charge in [0.15, 0.2) is 0 Å². The average Bonchev–Trinajstić information content (AvgIpc) is 2.49. The second kappa shape index (κ2) is 9.16. The molecule has 2 amide bonds. The first-order valence-electron chi connectivity index (χ1n) is 7.92. The van der Waals surface area contributed by atoms with E-state index in [2.05, 4.69) is 4.98 Å². The normalized spacial score (nSPS) is 15.1. The summed E-state index contributed by atoms with van der Waals surface area (Å²) in [6, 6.07) is 2.68. The van der Waals surface area contributed by atoms with Gasteiger partial charge in [0.25, 0.3) is 0 Å². The maximum absolute atomic E-state index is 12.0. The molecule has 1 fully saturated rings. The Morgan fingerprint density at radius 3 is 2.24 bits per heavy atom. The zero-order chi connectivity index (χ0) is 19.0. The summed E-state index contributed by atoms with van der Waals surface area (Å²) in [5.41, 5.74) is 9.79. The predicted octanol–water partition coefficient (Wildman–Crippen LogP) is 0.827. The summed E-state index contributed by atoms with van der Waals surface area (Å²) in [4.78, 5) is 29.6. The molecule has 0 unspecified atom stereocenters. The van der Waals surface area contributed by atoms with Crippen LogP contribution in [0.1, 0.15) is 20.8 Å². The molecular weight excluding hydrogens is 329 g/mol. The van der Waals surface area contributed by atoms with Gasteiger partial charge < -0.3 is 21.1 Å². The van der Waals surface area contributed by atoms with Crippen LogP contribution in [0.2, 0.25) is 0 Å². The van der Waals surface area contributed by atoms with E-state index in [1.165, 1.54) is 12.1 Å². The first-order chi connectivity index (χ1) is 11.6. The minimum absolute atomic E-state index is 0.252. The Balaban J connectivity index is 0.000000324. The summed E-state index contributed by atoms with van der Waals surface area (Å²) in [5.74, 6) is -0.360. The lowest BCUT2D eigenvalue weighted by molar-refractivity contribution is -0.119. The summed E-state index contributed by atoms with van der Waals surface area (Å²) in [7, 11) is 0. The molecule has 1 saturated heterocycles. The van der Waals surface area contributed by atoms with E-state index < -0.39 is 5.60 Å². The van der Waals surface area contributed by atoms with Crippen molar-refractivity contribution in [2.75, 3.05) is 38.5 Å². The summed E-state index contributed by atoms with van der Waals surface area (Å²) in [6.45, 7) is 8.23. The molecule has 1 aliphatic heterocycles. The topological polar surface area (TPSA) is 115 Å². The van der Waals surface area contributed by atoms with Crippen molar-refractivity contribution in [1.82, 2.24) is 14.8 Å². The molecule has 0 radical (unpaired) electrons. The monoisotopic (exact) mass is 355 g/mol. The van der Waals surface area contributed by atoms with Crippen LogP contribution in [0.4, 0.5) is 15.0 Å². The highest BCUT2D eigenvalue weighted by molar-refractivity contribution is 5.76. The maximum atomic E-state index is 12.0. The van der Waals surface area contributed by atoms with Gasteiger partial charge in [-0.15, -0.1) is 0 Å². The first-order valence-corrected chi connectivity index (χ1v) is 7.92. The third-order valence-electron chi connectivity index (χ3n) is 3.15. The van der Waals surface area contributed by atoms with Crippen molar-refractivity contribution >= 4 is 17.8 Å². The van der Waals surface area contributed by atoms with E-state index in [0.717, 1.165) is 6.20 Å². The van der Waals surface area contributed by atoms with Gasteiger partial charge in [-0.1, -0.05) is 0 Å². The molecule has 0 atom stereocenters. The van der Waals surface area contributed by atoms with Gasteiger partial charge in [0, 0.05) is 26.2 Å². The summed E-state index contributed by atoms with van der Waals surface area (Å²) >= 11 is 0. The van der Waals surface area contributed by atoms with Crippen molar-refractivity contribution in [2.45, 2.75) is 26.4 Å². The Hall–Kier alpha value is -2.42. The van der Waals surface area contributed by atoms with E-state index in [1.807, 2.05) is 25.7 Å². The number of anilines is 1. The quantitative estimate of drug-likeness (QED) is 0.812. The molecule has 8 nitrogen and oxygen atoms in total. The van der Waals surface area contributed by atoms with E-state index in [1.54, 1.807) is 4.90 Å². The number of hydrogen-bond donors (Lipinski definition) is 2. The van der Waals surface area contributed by atoms with Crippen LogP contribution < -0.4 is 11.5 Å². The van der Waals surface area contributed by atoms with Crippen LogP contribution in [-0.2, 0) is 9.53 Å². The number of pyridine rings is 1. The Morgan fingerprint density at radius 2 is 1.84 bits per heavy atom. The second-order valence-electron chi connectivity index (χ2n) is 6.61. The highest BCUT2D eigenvalue weighted by Crippen LogP contribution is 2.11. The van der Waals surface area contributed by atoms with Crippen molar-refractivity contribution in [3.05, 3.63) is 24.1 Å². The fourth-order valence-corrected chi connectivity index (χ4v) is 2.02. The van der Waals surface area contributed by atoms with Gasteiger partial charge in [0.2, 0.25) is 5.91 Å². The van der Waals surface area contributed by atoms with E-state index in [-0.39, 0.29) is 24.4 Å². The second-order valence-corrected chi connectivity index (χ2v) is 6.61. The molecule has 0 aromatic carbocycles. The molecule has 0 spiro atoms. The molecule has 25 heavy (non-hydrogen) atoms. The summed E-state index contributed by atoms with van der Waals surface area (Å²) in [6.07, 6.45) is 0.784. The molecule has 1 aromatic heterocycles. The molecule has 1 aromatic rings. The Labute approximate surface area is 146 Å². The van der Waals surface area contributed by atoms with E-state index in [4.69, 9.17) is 16.2 Å². The number of carbonyl (C=O) groups excluding carboxylic acids is 2. The van der Waals surface area contributed by atoms with Crippen LogP contribution >= 0.6 is 0 Å². The zero-order valence-electron chi connectivity index (χ0n) is 14.9. The standard InChI is InChI=1S/C11H21N3O3.C5H5FN2/c1-11(2,3)17-10(16)14-6-4-13(5-7-14)8-9(12)15;6-4-1-2-5(7)8-3-4/h4-8H2,1-3H3,(H2,12,15);1-3H,(H2,7,8). The number of nitrogens with two attached hydrogens (primary N) is 2. The lowest BCUT2D eigenvalue weighted by atomic mass is 10.2. The number of hydrogen-bond acceptors (Lipinski definition) is 6. The van der Waals surface area contributed by atoms with Crippen LogP contribution in [-0.4, -0.2) is 65.1 Å². The molecule has 4 N–H and O–H groups in total. The molecule has 9 heteroatoms. The van der Waals surface area contributed by atoms with Crippen LogP contribution in [0, 0.1) is 5.82 Å². The first kappa shape index (κ1) is 20.6. The number of primary amides is 1. The number of halogens is 1. The van der Waals surface area contributed by atoms with Crippen molar-refractivity contribution < 1.29 is 18.7 Å². The number of carbonyl (C=O) groups is 2. The number of nitrogen functional groups attached to an aromatic ring is 1. The van der Waals surface area contributed by atoms with Crippen LogP contribution in [0.15, 0.2) is 18.3 Å². The van der Waals surface area contributed by atoms with Gasteiger partial charge in [-0.05, 0) is 32.9 Å². The van der Waals surface area contributed by atoms with Gasteiger partial charge >= 0.3 is 6.09 Å². The van der Waals surface area contributed by atoms with Crippen molar-refractivity contribution in [3.63, 3.8) is 0 Å². The molecule has 0 saturated carbocycles. The van der Waals surface area contributed by atoms with Gasteiger partial charge in [-0.2, -0.15) is 0 Å². The van der Waals surface area contributed by atoms with Gasteiger partial charge in [0.05, 0.1) is 12.7 Å². The molecule has 0 aliphatic carbocycles. The molecule has 2 heterocycles. The lowest BCUT2D eigenvalue weighted by Gasteiger charge is -2.34. The Bertz CT molecular complexity index is 545. The Kier molecular flexibility index (Phi) is 7.56. The van der Waals surface area contributed by atoms with Gasteiger partial charge in [0.1, 0.15) is 17.2 Å². The SMILES string of the molecule is CC(C)(C)OC(=O)N1CCN(CC(N)=O)CC1.Nc1ccc(F)cn1. The predicted molar refractivity (Wildman–Crippen MR) is 92.0 cm³/mol. The summed E-state index contributed by atoms with van der Waals surface area (Å²) in [5, 5.41) is 0. The number of nitrogens with zero attached hydrogens (tertiary/aromatic N) is 3. The van der Waals surface area contributed by atoms with E-state index in [9.17, 15) is 14.0 Å². The molecule has 2 rings (SSSR count).